The van der Waals surface area contributed by atoms with Crippen LogP contribution in [0.25, 0.3) is 0 Å². The predicted molar refractivity (Wildman–Crippen MR) is 138 cm³/mol. The van der Waals surface area contributed by atoms with Gasteiger partial charge in [0.05, 0.1) is 0 Å². The fraction of sp³-hybridized carbons (Fsp3) is 0.652. The zero-order chi connectivity index (χ0) is 21.3. The second-order valence-corrected chi connectivity index (χ2v) is 8.68. The van der Waals surface area contributed by atoms with E-state index >= 15 is 0 Å². The van der Waals surface area contributed by atoms with Gasteiger partial charge in [0.25, 0.3) is 0 Å². The van der Waals surface area contributed by atoms with Crippen LogP contribution in [0.1, 0.15) is 37.3 Å². The van der Waals surface area contributed by atoms with Crippen molar-refractivity contribution in [3.8, 4) is 0 Å². The zero-order valence-electron chi connectivity index (χ0n) is 19.0. The number of nitrogens with zero attached hydrogens (tertiary/aromatic N) is 4. The van der Waals surface area contributed by atoms with E-state index in [4.69, 9.17) is 5.73 Å². The summed E-state index contributed by atoms with van der Waals surface area (Å²) < 4.78 is 0. The van der Waals surface area contributed by atoms with E-state index in [1.165, 1.54) is 5.56 Å². The second-order valence-electron chi connectivity index (χ2n) is 8.68. The molecule has 3 rings (SSSR count). The highest BCUT2D eigenvalue weighted by atomic mass is 127. The van der Waals surface area contributed by atoms with E-state index in [-0.39, 0.29) is 29.9 Å². The van der Waals surface area contributed by atoms with Gasteiger partial charge in [0.15, 0.2) is 5.96 Å². The highest BCUT2D eigenvalue weighted by Crippen LogP contribution is 2.24. The molecule has 2 aliphatic rings. The molecule has 2 saturated heterocycles. The normalized spacial score (nSPS) is 23.3. The molecule has 2 aliphatic heterocycles. The van der Waals surface area contributed by atoms with E-state index in [0.717, 1.165) is 71.0 Å². The molecule has 31 heavy (non-hydrogen) atoms. The molecular formula is C23H39IN6O. The van der Waals surface area contributed by atoms with Crippen molar-refractivity contribution in [3.63, 3.8) is 0 Å². The van der Waals surface area contributed by atoms with Gasteiger partial charge < -0.3 is 20.9 Å². The third-order valence-electron chi connectivity index (χ3n) is 6.30. The van der Waals surface area contributed by atoms with Gasteiger partial charge in [-0.1, -0.05) is 30.3 Å². The third kappa shape index (κ3) is 7.91. The van der Waals surface area contributed by atoms with Crippen LogP contribution >= 0.6 is 24.0 Å². The van der Waals surface area contributed by atoms with Crippen molar-refractivity contribution in [3.05, 3.63) is 35.9 Å². The summed E-state index contributed by atoms with van der Waals surface area (Å²) in [4.78, 5) is 23.1. The lowest BCUT2D eigenvalue weighted by molar-refractivity contribution is -0.119. The van der Waals surface area contributed by atoms with Gasteiger partial charge in [-0.3, -0.25) is 14.7 Å². The first-order valence-corrected chi connectivity index (χ1v) is 11.3. The fourth-order valence-electron chi connectivity index (χ4n) is 4.74. The summed E-state index contributed by atoms with van der Waals surface area (Å²) in [6, 6.07) is 11.3. The molecule has 2 heterocycles. The SMILES string of the molecule is CN=C(NCCCN1CCN(C)CC1c1ccccc1)N1CCCC(CC(N)=O)C1.I. The van der Waals surface area contributed by atoms with E-state index in [1.54, 1.807) is 0 Å². The van der Waals surface area contributed by atoms with Crippen LogP contribution < -0.4 is 11.1 Å². The number of benzene rings is 1. The Morgan fingerprint density at radius 2 is 1.97 bits per heavy atom. The van der Waals surface area contributed by atoms with Crippen molar-refractivity contribution >= 4 is 35.8 Å². The minimum absolute atomic E-state index is 0. The molecule has 0 aromatic heterocycles. The lowest BCUT2D eigenvalue weighted by Gasteiger charge is -2.40. The summed E-state index contributed by atoms with van der Waals surface area (Å²) in [7, 11) is 4.05. The van der Waals surface area contributed by atoms with Gasteiger partial charge in [-0.15, -0.1) is 24.0 Å². The van der Waals surface area contributed by atoms with Crippen LogP contribution in [0.3, 0.4) is 0 Å². The molecule has 1 amide bonds. The first kappa shape index (κ1) is 25.9. The van der Waals surface area contributed by atoms with Crippen LogP contribution in [-0.4, -0.2) is 86.5 Å². The number of hydrogen-bond acceptors (Lipinski definition) is 4. The smallest absolute Gasteiger partial charge is 0.217 e. The van der Waals surface area contributed by atoms with Crippen LogP contribution in [0.5, 0.6) is 0 Å². The summed E-state index contributed by atoms with van der Waals surface area (Å²) >= 11 is 0. The molecule has 1 aromatic carbocycles. The molecule has 0 radical (unpaired) electrons. The molecule has 0 saturated carbocycles. The molecule has 3 N–H and O–H groups in total. The summed E-state index contributed by atoms with van der Waals surface area (Å²) in [5, 5.41) is 3.54. The minimum atomic E-state index is -0.204. The van der Waals surface area contributed by atoms with Crippen molar-refractivity contribution in [1.82, 2.24) is 20.0 Å². The summed E-state index contributed by atoms with van der Waals surface area (Å²) in [6.07, 6.45) is 3.70. The van der Waals surface area contributed by atoms with Gasteiger partial charge in [-0.25, -0.2) is 0 Å². The van der Waals surface area contributed by atoms with Gasteiger partial charge in [-0.05, 0) is 37.8 Å². The average molecular weight is 543 g/mol. The van der Waals surface area contributed by atoms with E-state index in [2.05, 4.69) is 62.4 Å². The van der Waals surface area contributed by atoms with Crippen LogP contribution in [0.2, 0.25) is 0 Å². The van der Waals surface area contributed by atoms with Crippen LogP contribution in [0, 0.1) is 5.92 Å². The Hall–Kier alpha value is -1.39. The highest BCUT2D eigenvalue weighted by Gasteiger charge is 2.26. The quantitative estimate of drug-likeness (QED) is 0.239. The number of likely N-dealkylation sites (tertiary alicyclic amines) is 1. The Morgan fingerprint density at radius 1 is 1.19 bits per heavy atom. The van der Waals surface area contributed by atoms with Gasteiger partial charge in [-0.2, -0.15) is 0 Å². The Labute approximate surface area is 204 Å². The average Bonchev–Trinajstić information content (AvgIpc) is 2.75. The Morgan fingerprint density at radius 3 is 2.68 bits per heavy atom. The molecule has 0 spiro atoms. The molecule has 8 heteroatoms. The molecule has 2 atom stereocenters. The number of nitrogens with two attached hydrogens (primary N) is 1. The second kappa shape index (κ2) is 13.2. The van der Waals surface area contributed by atoms with Crippen molar-refractivity contribution < 1.29 is 4.79 Å². The summed E-state index contributed by atoms with van der Waals surface area (Å²) in [6.45, 7) is 7.12. The number of halogens is 1. The lowest BCUT2D eigenvalue weighted by Crippen LogP contribution is -2.49. The van der Waals surface area contributed by atoms with E-state index in [9.17, 15) is 4.79 Å². The van der Waals surface area contributed by atoms with Crippen LogP contribution in [-0.2, 0) is 4.79 Å². The van der Waals surface area contributed by atoms with Crippen molar-refractivity contribution in [2.24, 2.45) is 16.6 Å². The van der Waals surface area contributed by atoms with Gasteiger partial charge >= 0.3 is 0 Å². The Bertz CT molecular complexity index is 701. The number of primary amides is 1. The number of amides is 1. The topological polar surface area (TPSA) is 77.2 Å². The predicted octanol–water partition coefficient (Wildman–Crippen LogP) is 2.15. The zero-order valence-corrected chi connectivity index (χ0v) is 21.3. The van der Waals surface area contributed by atoms with Crippen molar-refractivity contribution in [2.75, 3.05) is 59.9 Å². The number of rotatable bonds is 7. The Balaban J connectivity index is 0.00000341. The molecule has 0 bridgehead atoms. The molecule has 174 valence electrons. The lowest BCUT2D eigenvalue weighted by atomic mass is 9.95. The largest absolute Gasteiger partial charge is 0.370 e. The number of aliphatic imine (C=N–C) groups is 1. The van der Waals surface area contributed by atoms with Gasteiger partial charge in [0.1, 0.15) is 0 Å². The summed E-state index contributed by atoms with van der Waals surface area (Å²) in [5.74, 6) is 1.08. The number of nitrogens with one attached hydrogen (secondary N) is 1. The third-order valence-corrected chi connectivity index (χ3v) is 6.30. The Kier molecular flexibility index (Phi) is 11.0. The maximum atomic E-state index is 11.3. The highest BCUT2D eigenvalue weighted by molar-refractivity contribution is 14.0. The molecular weight excluding hydrogens is 503 g/mol. The number of carbonyl (C=O) groups excluding carboxylic acids is 1. The molecule has 7 nitrogen and oxygen atoms in total. The number of likely N-dealkylation sites (N-methyl/N-ethyl adjacent to an activating group) is 1. The van der Waals surface area contributed by atoms with Crippen molar-refractivity contribution in [2.45, 2.75) is 31.7 Å². The first-order chi connectivity index (χ1) is 14.6. The monoisotopic (exact) mass is 542 g/mol. The number of guanidine groups is 1. The van der Waals surface area contributed by atoms with E-state index < -0.39 is 0 Å². The maximum absolute atomic E-state index is 11.3. The molecule has 2 fully saturated rings. The summed E-state index contributed by atoms with van der Waals surface area (Å²) in [5.41, 5.74) is 6.80. The van der Waals surface area contributed by atoms with Crippen LogP contribution in [0.15, 0.2) is 35.3 Å². The molecule has 1 aromatic rings. The standard InChI is InChI=1S/C23H38N6O.HI/c1-25-23(29-12-6-8-19(17-29)16-22(24)30)26-11-7-13-28-15-14-27(2)18-21(28)20-9-4-3-5-10-20;/h3-5,9-10,19,21H,6-8,11-18H2,1-2H3,(H2,24,30)(H,25,26);1H. The minimum Gasteiger partial charge on any atom is -0.370 e. The number of carbonyl (C=O) groups is 1. The molecule has 0 aliphatic carbocycles. The van der Waals surface area contributed by atoms with E-state index in [1.807, 2.05) is 7.05 Å². The van der Waals surface area contributed by atoms with E-state index in [0.29, 0.717) is 18.4 Å². The number of piperidine rings is 1. The fourth-order valence-corrected chi connectivity index (χ4v) is 4.74. The number of piperazine rings is 1. The first-order valence-electron chi connectivity index (χ1n) is 11.3. The number of hydrogen-bond donors (Lipinski definition) is 2. The maximum Gasteiger partial charge on any atom is 0.217 e. The van der Waals surface area contributed by atoms with Gasteiger partial charge in [0, 0.05) is 65.3 Å². The van der Waals surface area contributed by atoms with Crippen LogP contribution in [0.4, 0.5) is 0 Å². The van der Waals surface area contributed by atoms with Crippen molar-refractivity contribution in [1.29, 1.82) is 0 Å². The van der Waals surface area contributed by atoms with Gasteiger partial charge in [0.2, 0.25) is 5.91 Å². The molecule has 2 unspecified atom stereocenters.